The first kappa shape index (κ1) is 17.4. The second-order valence-electron chi connectivity index (χ2n) is 5.56. The summed E-state index contributed by atoms with van der Waals surface area (Å²) in [5.41, 5.74) is 0.819. The molecule has 1 N–H and O–H groups in total. The van der Waals surface area contributed by atoms with E-state index in [0.29, 0.717) is 18.2 Å². The average molecular weight is 357 g/mol. The molecule has 0 spiro atoms. The quantitative estimate of drug-likeness (QED) is 0.517. The third-order valence-corrected chi connectivity index (χ3v) is 4.47. The van der Waals surface area contributed by atoms with Crippen molar-refractivity contribution in [1.29, 1.82) is 0 Å². The number of thioether (sulfide) groups is 1. The molecule has 2 heterocycles. The molecule has 2 aromatic heterocycles. The number of furan rings is 1. The van der Waals surface area contributed by atoms with Crippen LogP contribution < -0.4 is 5.32 Å². The minimum absolute atomic E-state index is 0.0288. The molecule has 130 valence electrons. The van der Waals surface area contributed by atoms with Crippen LogP contribution in [-0.2, 0) is 9.53 Å². The standard InChI is InChI=1S/C18H19N3O3S/c1-12(10-23-2)19-16(22)11-25-18-13-6-3-4-7-14(13)20-17(21-18)15-8-5-9-24-15/h3-9,12H,10-11H2,1-2H3,(H,19,22)/t12-/m0/s1. The highest BCUT2D eigenvalue weighted by Crippen LogP contribution is 2.28. The molecule has 3 rings (SSSR count). The van der Waals surface area contributed by atoms with E-state index in [1.807, 2.05) is 37.3 Å². The van der Waals surface area contributed by atoms with Crippen molar-refractivity contribution >= 4 is 28.6 Å². The molecule has 7 heteroatoms. The largest absolute Gasteiger partial charge is 0.461 e. The Kier molecular flexibility index (Phi) is 5.67. The molecule has 0 radical (unpaired) electrons. The van der Waals surface area contributed by atoms with Crippen LogP contribution in [0.1, 0.15) is 6.92 Å². The van der Waals surface area contributed by atoms with Crippen molar-refractivity contribution in [2.75, 3.05) is 19.5 Å². The minimum atomic E-state index is -0.0585. The maximum atomic E-state index is 12.1. The normalized spacial score (nSPS) is 12.2. The van der Waals surface area contributed by atoms with Gasteiger partial charge < -0.3 is 14.5 Å². The predicted molar refractivity (Wildman–Crippen MR) is 97.4 cm³/mol. The lowest BCUT2D eigenvalue weighted by molar-refractivity contribution is -0.119. The van der Waals surface area contributed by atoms with Crippen molar-refractivity contribution in [3.63, 3.8) is 0 Å². The third kappa shape index (κ3) is 4.37. The third-order valence-electron chi connectivity index (χ3n) is 3.47. The van der Waals surface area contributed by atoms with Crippen molar-refractivity contribution in [3.8, 4) is 11.6 Å². The van der Waals surface area contributed by atoms with Crippen molar-refractivity contribution in [1.82, 2.24) is 15.3 Å². The highest BCUT2D eigenvalue weighted by atomic mass is 32.2. The van der Waals surface area contributed by atoms with Crippen LogP contribution in [0.3, 0.4) is 0 Å². The second-order valence-corrected chi connectivity index (χ2v) is 6.52. The molecule has 0 unspecified atom stereocenters. The van der Waals surface area contributed by atoms with Gasteiger partial charge in [-0.25, -0.2) is 9.97 Å². The Hall–Kier alpha value is -2.38. The van der Waals surface area contributed by atoms with Crippen molar-refractivity contribution in [2.24, 2.45) is 0 Å². The SMILES string of the molecule is COC[C@H](C)NC(=O)CSc1nc(-c2ccco2)nc2ccccc12. The van der Waals surface area contributed by atoms with Crippen LogP contribution in [0.25, 0.3) is 22.5 Å². The van der Waals surface area contributed by atoms with Gasteiger partial charge in [0.2, 0.25) is 5.91 Å². The maximum Gasteiger partial charge on any atom is 0.230 e. The molecule has 3 aromatic rings. The number of rotatable bonds is 7. The van der Waals surface area contributed by atoms with Crippen LogP contribution in [0.5, 0.6) is 0 Å². The van der Waals surface area contributed by atoms with Gasteiger partial charge in [-0.3, -0.25) is 4.79 Å². The first-order valence-electron chi connectivity index (χ1n) is 7.89. The Labute approximate surface area is 150 Å². The average Bonchev–Trinajstić information content (AvgIpc) is 3.14. The number of benzene rings is 1. The molecule has 1 amide bonds. The van der Waals surface area contributed by atoms with Crippen molar-refractivity contribution in [2.45, 2.75) is 18.0 Å². The lowest BCUT2D eigenvalue weighted by Crippen LogP contribution is -2.36. The van der Waals surface area contributed by atoms with Gasteiger partial charge in [-0.1, -0.05) is 30.0 Å². The van der Waals surface area contributed by atoms with E-state index in [0.717, 1.165) is 15.9 Å². The van der Waals surface area contributed by atoms with Crippen LogP contribution >= 0.6 is 11.8 Å². The number of carbonyl (C=O) groups is 1. The van der Waals surface area contributed by atoms with Crippen molar-refractivity contribution < 1.29 is 13.9 Å². The monoisotopic (exact) mass is 357 g/mol. The number of nitrogens with zero attached hydrogens (tertiary/aromatic N) is 2. The zero-order valence-corrected chi connectivity index (χ0v) is 14.9. The van der Waals surface area contributed by atoms with Gasteiger partial charge in [-0.2, -0.15) is 0 Å². The molecule has 0 aliphatic heterocycles. The first-order chi connectivity index (χ1) is 12.2. The fourth-order valence-corrected chi connectivity index (χ4v) is 3.25. The minimum Gasteiger partial charge on any atom is -0.461 e. The van der Waals surface area contributed by atoms with E-state index < -0.39 is 0 Å². The number of amides is 1. The molecule has 25 heavy (non-hydrogen) atoms. The van der Waals surface area contributed by atoms with E-state index in [4.69, 9.17) is 9.15 Å². The summed E-state index contributed by atoms with van der Waals surface area (Å²) >= 11 is 1.38. The zero-order chi connectivity index (χ0) is 17.6. The van der Waals surface area contributed by atoms with Crippen LogP contribution in [0.4, 0.5) is 0 Å². The van der Waals surface area contributed by atoms with Crippen LogP contribution in [-0.4, -0.2) is 41.4 Å². The molecule has 0 aliphatic rings. The molecule has 0 bridgehead atoms. The van der Waals surface area contributed by atoms with Gasteiger partial charge in [0.1, 0.15) is 5.03 Å². The lowest BCUT2D eigenvalue weighted by Gasteiger charge is -2.12. The van der Waals surface area contributed by atoms with Gasteiger partial charge in [0.25, 0.3) is 0 Å². The highest BCUT2D eigenvalue weighted by Gasteiger charge is 2.14. The smallest absolute Gasteiger partial charge is 0.230 e. The zero-order valence-electron chi connectivity index (χ0n) is 14.1. The van der Waals surface area contributed by atoms with Gasteiger partial charge in [0, 0.05) is 18.5 Å². The summed E-state index contributed by atoms with van der Waals surface area (Å²) in [6, 6.07) is 11.3. The number of methoxy groups -OCH3 is 1. The Balaban J connectivity index is 1.81. The Bertz CT molecular complexity index is 852. The Morgan fingerprint density at radius 2 is 2.12 bits per heavy atom. The molecule has 0 fully saturated rings. The van der Waals surface area contributed by atoms with Crippen LogP contribution in [0.2, 0.25) is 0 Å². The number of fused-ring (bicyclic) bond motifs is 1. The summed E-state index contributed by atoms with van der Waals surface area (Å²) in [7, 11) is 1.61. The number of nitrogens with one attached hydrogen (secondary N) is 1. The summed E-state index contributed by atoms with van der Waals surface area (Å²) in [6.07, 6.45) is 1.59. The van der Waals surface area contributed by atoms with Crippen LogP contribution in [0.15, 0.2) is 52.1 Å². The molecular formula is C18H19N3O3S. The van der Waals surface area contributed by atoms with Gasteiger partial charge in [-0.05, 0) is 25.1 Å². The molecule has 0 aliphatic carbocycles. The van der Waals surface area contributed by atoms with E-state index in [1.165, 1.54) is 11.8 Å². The molecular weight excluding hydrogens is 338 g/mol. The van der Waals surface area contributed by atoms with Crippen molar-refractivity contribution in [3.05, 3.63) is 42.7 Å². The van der Waals surface area contributed by atoms with Gasteiger partial charge >= 0.3 is 0 Å². The van der Waals surface area contributed by atoms with E-state index in [2.05, 4.69) is 15.3 Å². The van der Waals surface area contributed by atoms with E-state index in [9.17, 15) is 4.79 Å². The first-order valence-corrected chi connectivity index (χ1v) is 8.87. The Morgan fingerprint density at radius 1 is 1.28 bits per heavy atom. The fourth-order valence-electron chi connectivity index (χ4n) is 2.42. The molecule has 0 saturated heterocycles. The number of aromatic nitrogens is 2. The van der Waals surface area contributed by atoms with Gasteiger partial charge in [0.15, 0.2) is 11.6 Å². The second kappa shape index (κ2) is 8.13. The number of hydrogen-bond acceptors (Lipinski definition) is 6. The summed E-state index contributed by atoms with van der Waals surface area (Å²) in [5, 5.41) is 4.57. The molecule has 1 aromatic carbocycles. The number of carbonyl (C=O) groups excluding carboxylic acids is 1. The molecule has 0 saturated carbocycles. The van der Waals surface area contributed by atoms with Gasteiger partial charge in [-0.15, -0.1) is 0 Å². The number of hydrogen-bond donors (Lipinski definition) is 1. The fraction of sp³-hybridized carbons (Fsp3) is 0.278. The van der Waals surface area contributed by atoms with E-state index in [-0.39, 0.29) is 17.7 Å². The van der Waals surface area contributed by atoms with E-state index in [1.54, 1.807) is 19.4 Å². The lowest BCUT2D eigenvalue weighted by atomic mass is 10.2. The summed E-state index contributed by atoms with van der Waals surface area (Å²) in [4.78, 5) is 21.2. The predicted octanol–water partition coefficient (Wildman–Crippen LogP) is 3.13. The summed E-state index contributed by atoms with van der Waals surface area (Å²) < 4.78 is 10.4. The molecule has 6 nitrogen and oxygen atoms in total. The van der Waals surface area contributed by atoms with E-state index >= 15 is 0 Å². The maximum absolute atomic E-state index is 12.1. The highest BCUT2D eigenvalue weighted by molar-refractivity contribution is 8.00. The topological polar surface area (TPSA) is 77.2 Å². The Morgan fingerprint density at radius 3 is 2.88 bits per heavy atom. The van der Waals surface area contributed by atoms with Crippen LogP contribution in [0, 0.1) is 0 Å². The number of ether oxygens (including phenoxy) is 1. The summed E-state index contributed by atoms with van der Waals surface area (Å²) in [6.45, 7) is 2.39. The summed E-state index contributed by atoms with van der Waals surface area (Å²) in [5.74, 6) is 1.33. The molecule has 1 atom stereocenters. The number of para-hydroxylation sites is 1. The van der Waals surface area contributed by atoms with Gasteiger partial charge in [0.05, 0.1) is 24.1 Å².